The van der Waals surface area contributed by atoms with Gasteiger partial charge in [-0.25, -0.2) is 0 Å². The highest BCUT2D eigenvalue weighted by molar-refractivity contribution is 7.80. The highest BCUT2D eigenvalue weighted by atomic mass is 35.5. The normalized spacial score (nSPS) is 10.6. The summed E-state index contributed by atoms with van der Waals surface area (Å²) in [5, 5.41) is 2.89. The lowest BCUT2D eigenvalue weighted by Crippen LogP contribution is -2.49. The minimum atomic E-state index is -0.460. The van der Waals surface area contributed by atoms with Crippen molar-refractivity contribution < 1.29 is 14.3 Å². The third-order valence-electron chi connectivity index (χ3n) is 3.79. The van der Waals surface area contributed by atoms with Crippen LogP contribution in [0.15, 0.2) is 54.6 Å². The molecule has 0 spiro atoms. The van der Waals surface area contributed by atoms with Crippen molar-refractivity contribution in [3.8, 4) is 5.75 Å². The number of ether oxygens (including phenoxy) is 1. The van der Waals surface area contributed by atoms with Gasteiger partial charge >= 0.3 is 0 Å². The number of hydrogen-bond donors (Lipinski definition) is 3. The van der Waals surface area contributed by atoms with Crippen molar-refractivity contribution >= 4 is 46.8 Å². The largest absolute Gasteiger partial charge is 0.484 e. The molecule has 2 amide bonds. The van der Waals surface area contributed by atoms with Crippen LogP contribution in [0.1, 0.15) is 30.9 Å². The SMILES string of the molecule is CC(C)c1ccc(OCC(=O)NNC(=S)NC(=O)C=Cc2ccccc2Cl)cc1. The molecule has 0 fully saturated rings. The van der Waals surface area contributed by atoms with E-state index in [2.05, 4.69) is 30.0 Å². The van der Waals surface area contributed by atoms with Crippen LogP contribution in [0, 0.1) is 0 Å². The van der Waals surface area contributed by atoms with Gasteiger partial charge in [-0.3, -0.25) is 25.8 Å². The lowest BCUT2D eigenvalue weighted by Gasteiger charge is -2.11. The maximum Gasteiger partial charge on any atom is 0.276 e. The van der Waals surface area contributed by atoms with Crippen LogP contribution in [0.5, 0.6) is 5.75 Å². The van der Waals surface area contributed by atoms with Gasteiger partial charge in [-0.15, -0.1) is 0 Å². The zero-order valence-electron chi connectivity index (χ0n) is 16.1. The Kier molecular flexibility index (Phi) is 8.64. The van der Waals surface area contributed by atoms with Crippen molar-refractivity contribution in [3.05, 3.63) is 70.8 Å². The Balaban J connectivity index is 1.70. The van der Waals surface area contributed by atoms with E-state index in [9.17, 15) is 9.59 Å². The molecule has 0 aliphatic rings. The van der Waals surface area contributed by atoms with E-state index >= 15 is 0 Å². The summed E-state index contributed by atoms with van der Waals surface area (Å²) in [6.07, 6.45) is 2.86. The predicted octanol–water partition coefficient (Wildman–Crippen LogP) is 3.58. The molecule has 0 radical (unpaired) electrons. The van der Waals surface area contributed by atoms with Crippen molar-refractivity contribution in [1.82, 2.24) is 16.2 Å². The van der Waals surface area contributed by atoms with E-state index in [1.54, 1.807) is 24.3 Å². The summed E-state index contributed by atoms with van der Waals surface area (Å²) in [5.41, 5.74) is 6.69. The number of thiocarbonyl (C=S) groups is 1. The summed E-state index contributed by atoms with van der Waals surface area (Å²) >= 11 is 11.0. The highest BCUT2D eigenvalue weighted by Crippen LogP contribution is 2.18. The first-order chi connectivity index (χ1) is 13.8. The lowest BCUT2D eigenvalue weighted by molar-refractivity contribution is -0.123. The molecule has 8 heteroatoms. The Bertz CT molecular complexity index is 898. The van der Waals surface area contributed by atoms with Gasteiger partial charge in [0.25, 0.3) is 5.91 Å². The molecule has 0 atom stereocenters. The van der Waals surface area contributed by atoms with E-state index in [4.69, 9.17) is 28.6 Å². The van der Waals surface area contributed by atoms with Gasteiger partial charge in [-0.1, -0.05) is 55.8 Å². The quantitative estimate of drug-likeness (QED) is 0.370. The van der Waals surface area contributed by atoms with Gasteiger partial charge < -0.3 is 4.74 Å². The van der Waals surface area contributed by atoms with Crippen molar-refractivity contribution in [2.75, 3.05) is 6.61 Å². The number of carbonyl (C=O) groups excluding carboxylic acids is 2. The molecule has 0 aromatic heterocycles. The van der Waals surface area contributed by atoms with Crippen LogP contribution in [0.25, 0.3) is 6.08 Å². The topological polar surface area (TPSA) is 79.5 Å². The van der Waals surface area contributed by atoms with Crippen LogP contribution in [0.2, 0.25) is 5.02 Å². The first-order valence-corrected chi connectivity index (χ1v) is 9.69. The second-order valence-corrected chi connectivity index (χ2v) is 7.17. The predicted molar refractivity (Wildman–Crippen MR) is 119 cm³/mol. The van der Waals surface area contributed by atoms with E-state index in [-0.39, 0.29) is 11.7 Å². The lowest BCUT2D eigenvalue weighted by atomic mass is 10.0. The Hall–Kier alpha value is -2.90. The van der Waals surface area contributed by atoms with Crippen molar-refractivity contribution in [1.29, 1.82) is 0 Å². The van der Waals surface area contributed by atoms with Gasteiger partial charge in [0.1, 0.15) is 5.75 Å². The molecule has 29 heavy (non-hydrogen) atoms. The van der Waals surface area contributed by atoms with E-state index in [0.29, 0.717) is 22.3 Å². The van der Waals surface area contributed by atoms with Gasteiger partial charge in [0.15, 0.2) is 11.7 Å². The van der Waals surface area contributed by atoms with Gasteiger partial charge in [-0.05, 0) is 53.5 Å². The number of carbonyl (C=O) groups is 2. The molecule has 0 aliphatic heterocycles. The zero-order valence-corrected chi connectivity index (χ0v) is 17.6. The second kappa shape index (κ2) is 11.2. The number of nitrogens with one attached hydrogen (secondary N) is 3. The Morgan fingerprint density at radius 1 is 1.10 bits per heavy atom. The maximum absolute atomic E-state index is 11.9. The third-order valence-corrected chi connectivity index (χ3v) is 4.34. The molecular weight excluding hydrogens is 410 g/mol. The minimum absolute atomic E-state index is 0.0477. The fourth-order valence-corrected chi connectivity index (χ4v) is 2.57. The van der Waals surface area contributed by atoms with Crippen molar-refractivity contribution in [2.24, 2.45) is 0 Å². The number of halogens is 1. The minimum Gasteiger partial charge on any atom is -0.484 e. The molecule has 0 saturated heterocycles. The van der Waals surface area contributed by atoms with Crippen LogP contribution in [-0.4, -0.2) is 23.5 Å². The highest BCUT2D eigenvalue weighted by Gasteiger charge is 2.06. The number of hydrazine groups is 1. The van der Waals surface area contributed by atoms with Gasteiger partial charge in [0, 0.05) is 11.1 Å². The second-order valence-electron chi connectivity index (χ2n) is 6.36. The number of rotatable bonds is 6. The van der Waals surface area contributed by atoms with Crippen LogP contribution < -0.4 is 20.9 Å². The molecule has 2 aromatic carbocycles. The smallest absolute Gasteiger partial charge is 0.276 e. The summed E-state index contributed by atoms with van der Waals surface area (Å²) in [6, 6.07) is 14.6. The van der Waals surface area contributed by atoms with E-state index in [1.165, 1.54) is 11.6 Å². The summed E-state index contributed by atoms with van der Waals surface area (Å²) in [4.78, 5) is 23.7. The molecule has 0 bridgehead atoms. The summed E-state index contributed by atoms with van der Waals surface area (Å²) in [7, 11) is 0. The summed E-state index contributed by atoms with van der Waals surface area (Å²) in [6.45, 7) is 4.00. The molecule has 0 heterocycles. The van der Waals surface area contributed by atoms with E-state index < -0.39 is 11.8 Å². The van der Waals surface area contributed by atoms with Gasteiger partial charge in [-0.2, -0.15) is 0 Å². The monoisotopic (exact) mass is 431 g/mol. The van der Waals surface area contributed by atoms with Gasteiger partial charge in [0.2, 0.25) is 5.91 Å². The Morgan fingerprint density at radius 2 is 1.79 bits per heavy atom. The molecule has 2 aromatic rings. The molecule has 2 rings (SSSR count). The maximum atomic E-state index is 11.9. The van der Waals surface area contributed by atoms with Gasteiger partial charge in [0.05, 0.1) is 0 Å². The number of benzene rings is 2. The van der Waals surface area contributed by atoms with Crippen LogP contribution >= 0.6 is 23.8 Å². The van der Waals surface area contributed by atoms with Crippen LogP contribution in [-0.2, 0) is 9.59 Å². The average Bonchev–Trinajstić information content (AvgIpc) is 2.70. The van der Waals surface area contributed by atoms with Crippen molar-refractivity contribution in [2.45, 2.75) is 19.8 Å². The fourth-order valence-electron chi connectivity index (χ4n) is 2.22. The molecule has 0 aliphatic carbocycles. The molecule has 0 unspecified atom stereocenters. The number of hydrogen-bond acceptors (Lipinski definition) is 4. The fraction of sp³-hybridized carbons (Fsp3) is 0.190. The zero-order chi connectivity index (χ0) is 21.2. The van der Waals surface area contributed by atoms with Crippen molar-refractivity contribution in [3.63, 3.8) is 0 Å². The Labute approximate surface area is 180 Å². The van der Waals surface area contributed by atoms with Crippen LogP contribution in [0.3, 0.4) is 0 Å². The molecule has 6 nitrogen and oxygen atoms in total. The number of amides is 2. The first-order valence-electron chi connectivity index (χ1n) is 8.90. The Morgan fingerprint density at radius 3 is 2.45 bits per heavy atom. The van der Waals surface area contributed by atoms with E-state index in [1.807, 2.05) is 30.3 Å². The molecular formula is C21H22ClN3O3S. The molecule has 152 valence electrons. The molecule has 3 N–H and O–H groups in total. The summed E-state index contributed by atoms with van der Waals surface area (Å²) in [5.74, 6) is 0.108. The summed E-state index contributed by atoms with van der Waals surface area (Å²) < 4.78 is 5.41. The van der Waals surface area contributed by atoms with E-state index in [0.717, 1.165) is 0 Å². The molecule has 0 saturated carbocycles. The third kappa shape index (κ3) is 7.93. The standard InChI is InChI=1S/C21H22ClN3O3S/c1-14(2)15-7-10-17(11-8-15)28-13-20(27)24-25-21(29)23-19(26)12-9-16-5-3-4-6-18(16)22/h3-12,14H,13H2,1-2H3,(H,24,27)(H2,23,25,26,29). The van der Waals surface area contributed by atoms with Crippen LogP contribution in [0.4, 0.5) is 0 Å². The first kappa shape index (κ1) is 22.4. The average molecular weight is 432 g/mol.